The number of hydrogen-bond acceptors (Lipinski definition) is 7. The van der Waals surface area contributed by atoms with E-state index in [9.17, 15) is 4.79 Å². The molecule has 70 valence electrons. The maximum Gasteiger partial charge on any atom is 0.331 e. The smallest absolute Gasteiger partial charge is 0.331 e. The van der Waals surface area contributed by atoms with Crippen LogP contribution in [0.5, 0.6) is 0 Å². The van der Waals surface area contributed by atoms with E-state index in [4.69, 9.17) is 5.73 Å². The predicted octanol–water partition coefficient (Wildman–Crippen LogP) is -0.0611. The summed E-state index contributed by atoms with van der Waals surface area (Å²) in [6.45, 7) is 2.81. The fourth-order valence-electron chi connectivity index (χ4n) is 0.623. The van der Waals surface area contributed by atoms with Gasteiger partial charge in [0.15, 0.2) is 11.5 Å². The zero-order valence-corrected chi connectivity index (χ0v) is 7.14. The van der Waals surface area contributed by atoms with Gasteiger partial charge in [0.25, 0.3) is 0 Å². The van der Waals surface area contributed by atoms with E-state index in [-0.39, 0.29) is 11.5 Å². The number of hydrogen-bond donors (Lipinski definition) is 1. The van der Waals surface area contributed by atoms with E-state index in [0.717, 1.165) is 0 Å². The Bertz CT molecular complexity index is 343. The molecule has 7 nitrogen and oxygen atoms in total. The molecular formula is C6H8N4O3. The van der Waals surface area contributed by atoms with Crippen LogP contribution < -0.4 is 5.73 Å². The van der Waals surface area contributed by atoms with Crippen LogP contribution in [-0.4, -0.2) is 22.0 Å². The Morgan fingerprint density at radius 2 is 2.23 bits per heavy atom. The van der Waals surface area contributed by atoms with Crippen molar-refractivity contribution in [1.29, 1.82) is 0 Å². The molecule has 1 aromatic rings. The third-order valence-corrected chi connectivity index (χ3v) is 1.17. The first-order chi connectivity index (χ1) is 6.11. The number of aromatic nitrogens is 2. The first-order valence-electron chi connectivity index (χ1n) is 3.42. The molecule has 0 fully saturated rings. The van der Waals surface area contributed by atoms with Crippen molar-refractivity contribution in [3.8, 4) is 0 Å². The highest BCUT2D eigenvalue weighted by Gasteiger charge is 2.10. The van der Waals surface area contributed by atoms with Gasteiger partial charge in [0.05, 0.1) is 0 Å². The average Bonchev–Trinajstić information content (AvgIpc) is 2.47. The zero-order valence-electron chi connectivity index (χ0n) is 7.14. The topological polar surface area (TPSA) is 104 Å². The fraction of sp³-hybridized carbons (Fsp3) is 0.333. The second-order valence-corrected chi connectivity index (χ2v) is 2.26. The summed E-state index contributed by atoms with van der Waals surface area (Å²) in [5, 5.41) is 10.2. The summed E-state index contributed by atoms with van der Waals surface area (Å²) < 4.78 is 4.33. The Balaban J connectivity index is 2.78. The van der Waals surface area contributed by atoms with Gasteiger partial charge in [-0.15, -0.1) is 0 Å². The normalized spacial score (nSPS) is 11.4. The zero-order chi connectivity index (χ0) is 9.84. The third kappa shape index (κ3) is 2.26. The Hall–Kier alpha value is -1.92. The molecule has 0 saturated heterocycles. The summed E-state index contributed by atoms with van der Waals surface area (Å²) in [5.41, 5.74) is 5.95. The largest absolute Gasteiger partial charge is 0.379 e. The van der Waals surface area contributed by atoms with Gasteiger partial charge in [-0.1, -0.05) is 5.16 Å². The molecule has 0 unspecified atom stereocenters. The maximum atomic E-state index is 10.4. The number of nitrogen functional groups attached to an aromatic ring is 1. The van der Waals surface area contributed by atoms with Crippen LogP contribution in [0.15, 0.2) is 9.78 Å². The Morgan fingerprint density at radius 3 is 2.69 bits per heavy atom. The molecule has 0 radical (unpaired) electrons. The van der Waals surface area contributed by atoms with Gasteiger partial charge in [0.2, 0.25) is 0 Å². The van der Waals surface area contributed by atoms with E-state index in [2.05, 4.69) is 24.9 Å². The minimum atomic E-state index is -0.519. The summed E-state index contributed by atoms with van der Waals surface area (Å²) in [6, 6.07) is 0. The third-order valence-electron chi connectivity index (χ3n) is 1.17. The molecule has 1 aromatic heterocycles. The molecule has 0 spiro atoms. The standard InChI is InChI=1S/C6H8N4O3/c1-3(8-12-4(2)11)5-6(7)10-13-9-5/h1-2H3,(H2,7,10)/b8-3+. The number of rotatable bonds is 2. The Labute approximate surface area is 73.5 Å². The van der Waals surface area contributed by atoms with E-state index in [1.807, 2.05) is 0 Å². The van der Waals surface area contributed by atoms with E-state index in [1.54, 1.807) is 6.92 Å². The molecule has 0 saturated carbocycles. The van der Waals surface area contributed by atoms with Crippen molar-refractivity contribution in [1.82, 2.24) is 10.3 Å². The Kier molecular flexibility index (Phi) is 2.58. The summed E-state index contributed by atoms with van der Waals surface area (Å²) in [4.78, 5) is 14.7. The number of carbonyl (C=O) groups excluding carboxylic acids is 1. The van der Waals surface area contributed by atoms with Crippen molar-refractivity contribution in [2.45, 2.75) is 13.8 Å². The van der Waals surface area contributed by atoms with E-state index < -0.39 is 5.97 Å². The molecule has 0 atom stereocenters. The molecule has 1 rings (SSSR count). The van der Waals surface area contributed by atoms with Crippen molar-refractivity contribution in [2.75, 3.05) is 5.73 Å². The molecule has 0 bridgehead atoms. The van der Waals surface area contributed by atoms with Gasteiger partial charge in [-0.25, -0.2) is 9.42 Å². The van der Waals surface area contributed by atoms with Gasteiger partial charge in [-0.2, -0.15) is 0 Å². The molecule has 7 heteroatoms. The number of oxime groups is 1. The van der Waals surface area contributed by atoms with Crippen LogP contribution in [0, 0.1) is 0 Å². The molecule has 0 aromatic carbocycles. The van der Waals surface area contributed by atoms with Crippen LogP contribution >= 0.6 is 0 Å². The molecule has 2 N–H and O–H groups in total. The molecular weight excluding hydrogens is 176 g/mol. The fourth-order valence-corrected chi connectivity index (χ4v) is 0.623. The number of nitrogens with zero attached hydrogens (tertiary/aromatic N) is 3. The highest BCUT2D eigenvalue weighted by molar-refractivity contribution is 6.00. The van der Waals surface area contributed by atoms with Gasteiger partial charge in [-0.3, -0.25) is 0 Å². The second-order valence-electron chi connectivity index (χ2n) is 2.26. The lowest BCUT2D eigenvalue weighted by molar-refractivity contribution is -0.140. The summed E-state index contributed by atoms with van der Waals surface area (Å²) in [7, 11) is 0. The molecule has 1 heterocycles. The number of nitrogens with two attached hydrogens (primary N) is 1. The molecule has 0 aliphatic rings. The van der Waals surface area contributed by atoms with Gasteiger partial charge in [0.1, 0.15) is 5.71 Å². The summed E-state index contributed by atoms with van der Waals surface area (Å²) >= 11 is 0. The SMILES string of the molecule is CC(=O)O/N=C(\C)c1nonc1N. The number of carbonyl (C=O) groups is 1. The molecule has 0 amide bonds. The predicted molar refractivity (Wildman–Crippen MR) is 42.7 cm³/mol. The lowest BCUT2D eigenvalue weighted by Crippen LogP contribution is -2.03. The van der Waals surface area contributed by atoms with Crippen molar-refractivity contribution in [2.24, 2.45) is 5.16 Å². The van der Waals surface area contributed by atoms with Crippen LogP contribution in [0.4, 0.5) is 5.82 Å². The van der Waals surface area contributed by atoms with Crippen LogP contribution in [-0.2, 0) is 9.63 Å². The van der Waals surface area contributed by atoms with E-state index >= 15 is 0 Å². The van der Waals surface area contributed by atoms with Crippen LogP contribution in [0.3, 0.4) is 0 Å². The highest BCUT2D eigenvalue weighted by atomic mass is 16.7. The van der Waals surface area contributed by atoms with E-state index in [1.165, 1.54) is 6.92 Å². The number of anilines is 1. The minimum Gasteiger partial charge on any atom is -0.379 e. The first-order valence-corrected chi connectivity index (χ1v) is 3.42. The van der Waals surface area contributed by atoms with Gasteiger partial charge in [0, 0.05) is 6.92 Å². The van der Waals surface area contributed by atoms with Crippen LogP contribution in [0.2, 0.25) is 0 Å². The first kappa shape index (κ1) is 9.17. The molecule has 0 aliphatic heterocycles. The second kappa shape index (κ2) is 3.65. The minimum absolute atomic E-state index is 0.105. The van der Waals surface area contributed by atoms with Crippen molar-refractivity contribution in [3.63, 3.8) is 0 Å². The highest BCUT2D eigenvalue weighted by Crippen LogP contribution is 2.05. The molecule has 13 heavy (non-hydrogen) atoms. The lowest BCUT2D eigenvalue weighted by Gasteiger charge is -1.93. The lowest BCUT2D eigenvalue weighted by atomic mass is 10.3. The van der Waals surface area contributed by atoms with Crippen molar-refractivity contribution < 1.29 is 14.3 Å². The van der Waals surface area contributed by atoms with Crippen molar-refractivity contribution >= 4 is 17.5 Å². The monoisotopic (exact) mass is 184 g/mol. The quantitative estimate of drug-likeness (QED) is 0.392. The maximum absolute atomic E-state index is 10.4. The summed E-state index contributed by atoms with van der Waals surface area (Å²) in [6.07, 6.45) is 0. The van der Waals surface area contributed by atoms with E-state index in [0.29, 0.717) is 5.71 Å². The van der Waals surface area contributed by atoms with Gasteiger partial charge >= 0.3 is 5.97 Å². The van der Waals surface area contributed by atoms with Crippen LogP contribution in [0.25, 0.3) is 0 Å². The molecule has 0 aliphatic carbocycles. The van der Waals surface area contributed by atoms with Gasteiger partial charge < -0.3 is 10.6 Å². The average molecular weight is 184 g/mol. The Morgan fingerprint density at radius 1 is 1.54 bits per heavy atom. The summed E-state index contributed by atoms with van der Waals surface area (Å²) in [5.74, 6) is -0.414. The van der Waals surface area contributed by atoms with Crippen LogP contribution in [0.1, 0.15) is 19.5 Å². The van der Waals surface area contributed by atoms with Gasteiger partial charge in [-0.05, 0) is 17.2 Å². The van der Waals surface area contributed by atoms with Crippen molar-refractivity contribution in [3.05, 3.63) is 5.69 Å².